The fourth-order valence-electron chi connectivity index (χ4n) is 16.4. The number of esters is 4. The Balaban J connectivity index is 0.000000267. The van der Waals surface area contributed by atoms with Gasteiger partial charge >= 0.3 is 53.4 Å². The van der Waals surface area contributed by atoms with Crippen molar-refractivity contribution in [3.8, 4) is 23.0 Å². The summed E-state index contributed by atoms with van der Waals surface area (Å²) in [4.78, 5) is 139. The Hall–Kier alpha value is -7.61. The van der Waals surface area contributed by atoms with Gasteiger partial charge in [-0.1, -0.05) is 77.7 Å². The van der Waals surface area contributed by atoms with Crippen LogP contribution in [0.15, 0.2) is 60.7 Å². The second-order valence-electron chi connectivity index (χ2n) is 32.9. The third kappa shape index (κ3) is 18.2. The van der Waals surface area contributed by atoms with E-state index in [9.17, 15) is 48.3 Å². The predicted molar refractivity (Wildman–Crippen MR) is 401 cm³/mol. The molecule has 4 amide bonds. The van der Waals surface area contributed by atoms with Crippen LogP contribution in [0.25, 0.3) is 21.8 Å². The van der Waals surface area contributed by atoms with Gasteiger partial charge in [-0.3, -0.25) is 33.6 Å². The molecule has 3 radical (unpaired) electrons. The molecule has 2 aliphatic carbocycles. The van der Waals surface area contributed by atoms with E-state index in [1.165, 1.54) is 9.80 Å². The quantitative estimate of drug-likeness (QED) is 0.0518. The molecule has 24 nitrogen and oxygen atoms in total. The van der Waals surface area contributed by atoms with Crippen molar-refractivity contribution >= 4 is 83.5 Å². The van der Waals surface area contributed by atoms with Gasteiger partial charge in [0.05, 0.1) is 93.9 Å². The van der Waals surface area contributed by atoms with E-state index in [-0.39, 0.29) is 145 Å². The summed E-state index contributed by atoms with van der Waals surface area (Å²) in [6.07, 6.45) is 14.9. The summed E-state index contributed by atoms with van der Waals surface area (Å²) in [6.45, 7) is 22.3. The number of fused-ring (bicyclic) bond motifs is 10. The van der Waals surface area contributed by atoms with Crippen molar-refractivity contribution in [2.75, 3.05) is 40.5 Å². The summed E-state index contributed by atoms with van der Waals surface area (Å²) in [5.74, 6) is -4.18. The standard InChI is InChI=1S/C41H55N3O9.C41H53N3O9.B.Na.H/c2*1-8-51-38(49)41-20-26(41)15-13-11-9-10-12-14-25(18-32(46)52-39(4,5)6)37(48)44-23-40(21-30(44)36(47)43-41)22-31(45)33-28-19-27(50-7)16-17-29(28)42-34(24(2)3)35(33)53-40;;;/h13,15-17,19,24-26,30-31,45H,8-12,14,18,20-23H2,1-7H3,(H,43,47);13,15-17,19,24-26,30H,8-12,14,18,20-23H2,1-7H3,(H,43,47);;;/q;;;+1;-1/b2*15-13-;;;/t25-,26-,30+,31?,40+,41-;25-,26-,30+,40+,41-;;;/m11.../s1. The van der Waals surface area contributed by atoms with Gasteiger partial charge in [0.2, 0.25) is 23.6 Å². The number of Topliss-reactive ketones (excluding diaryl/α,β-unsaturated/α-hetero) is 1. The van der Waals surface area contributed by atoms with Crippen LogP contribution in [0.1, 0.15) is 245 Å². The normalized spacial score (nSPS) is 28.3. The van der Waals surface area contributed by atoms with Crippen LogP contribution < -0.4 is 59.1 Å². The SMILES string of the molecule is CCOC(=O)[C@@]12C[C@H]1/C=C\CCCCC[C@H](CC(=O)OC(C)(C)C)C(=O)N1C[C@@]3(CC(=O)c4c(c(C(C)C)nc5ccc(OC)cc45)O3)C[C@H]1C(=O)N2.CCOC(=O)[C@@]12C[C@H]1/C=C\CCCCC[C@H](CC(=O)OC(C)(C)C)C(=O)N1C[C@@]3(CC(O)c4c(c(C(C)C)nc5ccc(OC)cc45)O3)C[C@H]1C(=O)N2.[B].[H-].[Na+]. The Morgan fingerprint density at radius 1 is 0.611 bits per heavy atom. The van der Waals surface area contributed by atoms with Crippen molar-refractivity contribution in [1.29, 1.82) is 0 Å². The van der Waals surface area contributed by atoms with Gasteiger partial charge in [-0.25, -0.2) is 19.6 Å². The number of carbonyl (C=O) groups is 9. The average Bonchev–Trinajstić information content (AvgIpc) is 1.71. The fourth-order valence-corrected chi connectivity index (χ4v) is 16.4. The van der Waals surface area contributed by atoms with Crippen LogP contribution in [0.5, 0.6) is 23.0 Å². The van der Waals surface area contributed by atoms with Gasteiger partial charge in [-0.05, 0) is 155 Å². The van der Waals surface area contributed by atoms with Crippen LogP contribution in [0.4, 0.5) is 0 Å². The number of hydrogen-bond donors (Lipinski definition) is 3. The maximum absolute atomic E-state index is 14.8. The first-order chi connectivity index (χ1) is 50.2. The number of ether oxygens (including phenoxy) is 8. The number of aliphatic hydroxyl groups excluding tert-OH is 1. The molecule has 8 aliphatic rings. The molecule has 2 spiro atoms. The van der Waals surface area contributed by atoms with E-state index in [2.05, 4.69) is 10.6 Å². The number of carbonyl (C=O) groups excluding carboxylic acids is 9. The number of aliphatic hydroxyl groups is 1. The van der Waals surface area contributed by atoms with E-state index in [4.69, 9.17) is 47.9 Å². The number of benzene rings is 2. The predicted octanol–water partition coefficient (Wildman–Crippen LogP) is 8.54. The number of hydrogen-bond acceptors (Lipinski definition) is 20. The Morgan fingerprint density at radius 2 is 1.05 bits per heavy atom. The summed E-state index contributed by atoms with van der Waals surface area (Å²) >= 11 is 0. The van der Waals surface area contributed by atoms with Crippen LogP contribution in [0.3, 0.4) is 0 Å². The van der Waals surface area contributed by atoms with E-state index in [1.807, 2.05) is 76.3 Å². The number of amides is 4. The first-order valence-corrected chi connectivity index (χ1v) is 38.2. The number of aromatic nitrogens is 2. The molecule has 8 heterocycles. The smallest absolute Gasteiger partial charge is 1.00 e. The Kier molecular flexibility index (Phi) is 26.5. The van der Waals surface area contributed by atoms with Crippen molar-refractivity contribution in [2.45, 2.75) is 262 Å². The molecule has 2 saturated heterocycles. The molecule has 12 rings (SSSR count). The summed E-state index contributed by atoms with van der Waals surface area (Å²) in [5, 5.41) is 19.3. The number of methoxy groups -OCH3 is 2. The molecule has 108 heavy (non-hydrogen) atoms. The van der Waals surface area contributed by atoms with Crippen LogP contribution >= 0.6 is 0 Å². The zero-order chi connectivity index (χ0) is 76.6. The number of nitrogens with zero attached hydrogens (tertiary/aromatic N) is 4. The molecule has 4 aromatic rings. The molecule has 2 aromatic heterocycles. The molecule has 2 aromatic carbocycles. The third-order valence-corrected chi connectivity index (χ3v) is 21.7. The molecule has 1 unspecified atom stereocenters. The number of pyridine rings is 2. The molecule has 0 bridgehead atoms. The minimum absolute atomic E-state index is 0. The van der Waals surface area contributed by atoms with E-state index in [1.54, 1.807) is 81.7 Å². The van der Waals surface area contributed by atoms with Crippen molar-refractivity contribution in [3.63, 3.8) is 0 Å². The van der Waals surface area contributed by atoms with Crippen LogP contribution in [0.2, 0.25) is 0 Å². The van der Waals surface area contributed by atoms with Gasteiger partial charge < -0.3 is 64.9 Å². The van der Waals surface area contributed by atoms with Gasteiger partial charge in [-0.15, -0.1) is 0 Å². The molecule has 26 heteroatoms. The largest absolute Gasteiger partial charge is 1.00 e. The number of nitrogens with one attached hydrogen (secondary N) is 2. The fraction of sp³-hybridized carbons (Fsp3) is 0.622. The van der Waals surface area contributed by atoms with Gasteiger partial charge in [0.1, 0.15) is 62.8 Å². The first kappa shape index (κ1) is 84.4. The Morgan fingerprint density at radius 3 is 1.50 bits per heavy atom. The van der Waals surface area contributed by atoms with E-state index < -0.39 is 99.2 Å². The maximum atomic E-state index is 14.8. The summed E-state index contributed by atoms with van der Waals surface area (Å²) < 4.78 is 47.0. The maximum Gasteiger partial charge on any atom is 1.00 e. The Labute approximate surface area is 659 Å². The topological polar surface area (TPSA) is 304 Å². The molecule has 579 valence electrons. The van der Waals surface area contributed by atoms with Crippen LogP contribution in [-0.4, -0.2) is 173 Å². The molecule has 3 N–H and O–H groups in total. The molecule has 11 atom stereocenters. The van der Waals surface area contributed by atoms with Gasteiger partial charge in [0, 0.05) is 67.7 Å². The molecular formula is C82H109BN6NaO18. The second kappa shape index (κ2) is 33.9. The summed E-state index contributed by atoms with van der Waals surface area (Å²) in [5.41, 5.74) is -2.80. The van der Waals surface area contributed by atoms with Crippen molar-refractivity contribution in [3.05, 3.63) is 83.2 Å². The molecular weight excluding hydrogens is 1390 g/mol. The summed E-state index contributed by atoms with van der Waals surface area (Å²) in [7, 11) is 3.13. The van der Waals surface area contributed by atoms with Gasteiger partial charge in [-0.2, -0.15) is 0 Å². The first-order valence-electron chi connectivity index (χ1n) is 38.2. The van der Waals surface area contributed by atoms with E-state index in [0.29, 0.717) is 106 Å². The van der Waals surface area contributed by atoms with Crippen molar-refractivity contribution in [2.24, 2.45) is 23.7 Å². The van der Waals surface area contributed by atoms with Gasteiger partial charge in [0.25, 0.3) is 0 Å². The van der Waals surface area contributed by atoms with E-state index >= 15 is 0 Å². The minimum Gasteiger partial charge on any atom is -1.00 e. The van der Waals surface area contributed by atoms with Crippen molar-refractivity contribution in [1.82, 2.24) is 30.4 Å². The third-order valence-electron chi connectivity index (χ3n) is 21.7. The van der Waals surface area contributed by atoms with Gasteiger partial charge in [0.15, 0.2) is 11.5 Å². The number of allylic oxidation sites excluding steroid dienone is 2. The zero-order valence-corrected chi connectivity index (χ0v) is 67.8. The van der Waals surface area contributed by atoms with Crippen LogP contribution in [-0.2, 0) is 57.3 Å². The Bertz CT molecular complexity index is 4160. The number of rotatable bonds is 12. The summed E-state index contributed by atoms with van der Waals surface area (Å²) in [6, 6.07) is 8.77. The molecule has 6 aliphatic heterocycles. The monoisotopic (exact) mass is 1500 g/mol. The molecule has 4 fully saturated rings. The zero-order valence-electron chi connectivity index (χ0n) is 66.8. The number of ketones is 1. The van der Waals surface area contributed by atoms with Crippen molar-refractivity contribution < 1.29 is 117 Å². The minimum atomic E-state index is -1.26. The molecule has 2 saturated carbocycles. The van der Waals surface area contributed by atoms with E-state index in [0.717, 1.165) is 38.5 Å². The second-order valence-corrected chi connectivity index (χ2v) is 32.9. The van der Waals surface area contributed by atoms with Crippen LogP contribution in [0, 0.1) is 23.7 Å². The average molecular weight is 1500 g/mol.